The molecule has 1 unspecified atom stereocenters. The van der Waals surface area contributed by atoms with Crippen LogP contribution in [0.2, 0.25) is 0 Å². The molecule has 1 atom stereocenters. The molecule has 1 aromatic carbocycles. The van der Waals surface area contributed by atoms with E-state index in [4.69, 9.17) is 0 Å². The maximum absolute atomic E-state index is 11.9. The summed E-state index contributed by atoms with van der Waals surface area (Å²) in [5, 5.41) is 0. The fourth-order valence-corrected chi connectivity index (χ4v) is 1.89. The molecule has 0 aliphatic heterocycles. The first-order valence-electron chi connectivity index (χ1n) is 5.34. The zero-order valence-corrected chi connectivity index (χ0v) is 11.7. The van der Waals surface area contributed by atoms with E-state index in [0.29, 0.717) is 12.1 Å². The highest BCUT2D eigenvalue weighted by atomic mass is 79.9. The van der Waals surface area contributed by atoms with Gasteiger partial charge in [-0.2, -0.15) is 8.78 Å². The van der Waals surface area contributed by atoms with Crippen molar-refractivity contribution in [3.8, 4) is 5.75 Å². The quantitative estimate of drug-likeness (QED) is 0.780. The molecular weight excluding hydrogens is 308 g/mol. The minimum atomic E-state index is -2.86. The third-order valence-electron chi connectivity index (χ3n) is 2.20. The summed E-state index contributed by atoms with van der Waals surface area (Å²) < 4.78 is 28.1. The van der Waals surface area contributed by atoms with Crippen molar-refractivity contribution in [2.45, 2.75) is 18.4 Å². The molecule has 0 saturated heterocycles. The second-order valence-electron chi connectivity index (χ2n) is 3.87. The smallest absolute Gasteiger partial charge is 0.387 e. The highest BCUT2D eigenvalue weighted by Gasteiger charge is 2.13. The molecule has 0 aromatic heterocycles. The van der Waals surface area contributed by atoms with E-state index >= 15 is 0 Å². The zero-order chi connectivity index (χ0) is 13.7. The highest BCUT2D eigenvalue weighted by molar-refractivity contribution is 9.09. The number of carbonyl (C=O) groups is 1. The van der Waals surface area contributed by atoms with Gasteiger partial charge in [-0.25, -0.2) is 0 Å². The Bertz CT molecular complexity index is 396. The Balaban J connectivity index is 2.69. The number of hydrogen-bond donors (Lipinski definition) is 0. The molecule has 0 fully saturated rings. The standard InChI is InChI=1S/C12H14BrF2NO2/c1-8(13)7-16(2)11(17)9-3-5-10(6-4-9)18-12(14)15/h3-6,8,12H,7H2,1-2H3. The van der Waals surface area contributed by atoms with Crippen LogP contribution in [0.3, 0.4) is 0 Å². The van der Waals surface area contributed by atoms with Gasteiger partial charge in [0.15, 0.2) is 0 Å². The van der Waals surface area contributed by atoms with E-state index in [1.807, 2.05) is 6.92 Å². The third kappa shape index (κ3) is 4.60. The molecule has 0 spiro atoms. The molecule has 0 bridgehead atoms. The van der Waals surface area contributed by atoms with Crippen molar-refractivity contribution in [1.82, 2.24) is 4.90 Å². The number of halogens is 3. The van der Waals surface area contributed by atoms with Gasteiger partial charge in [0.1, 0.15) is 5.75 Å². The van der Waals surface area contributed by atoms with Gasteiger partial charge in [0.2, 0.25) is 0 Å². The number of amides is 1. The molecule has 0 N–H and O–H groups in total. The Labute approximate surface area is 113 Å². The monoisotopic (exact) mass is 321 g/mol. The summed E-state index contributed by atoms with van der Waals surface area (Å²) in [6.07, 6.45) is 0. The van der Waals surface area contributed by atoms with Crippen molar-refractivity contribution in [3.05, 3.63) is 29.8 Å². The van der Waals surface area contributed by atoms with Crippen molar-refractivity contribution >= 4 is 21.8 Å². The largest absolute Gasteiger partial charge is 0.435 e. The summed E-state index contributed by atoms with van der Waals surface area (Å²) >= 11 is 3.36. The van der Waals surface area contributed by atoms with Gasteiger partial charge in [-0.3, -0.25) is 4.79 Å². The highest BCUT2D eigenvalue weighted by Crippen LogP contribution is 2.16. The molecule has 18 heavy (non-hydrogen) atoms. The van der Waals surface area contributed by atoms with Crippen LogP contribution in [0, 0.1) is 0 Å². The van der Waals surface area contributed by atoms with Crippen molar-refractivity contribution in [3.63, 3.8) is 0 Å². The third-order valence-corrected chi connectivity index (χ3v) is 2.49. The molecule has 6 heteroatoms. The second kappa shape index (κ2) is 6.68. The van der Waals surface area contributed by atoms with Crippen LogP contribution in [0.25, 0.3) is 0 Å². The van der Waals surface area contributed by atoms with E-state index < -0.39 is 6.61 Å². The van der Waals surface area contributed by atoms with Crippen LogP contribution in [0.5, 0.6) is 5.75 Å². The second-order valence-corrected chi connectivity index (χ2v) is 5.43. The molecule has 1 amide bonds. The van der Waals surface area contributed by atoms with Crippen LogP contribution in [-0.2, 0) is 0 Å². The van der Waals surface area contributed by atoms with E-state index in [-0.39, 0.29) is 16.5 Å². The fraction of sp³-hybridized carbons (Fsp3) is 0.417. The molecule has 0 heterocycles. The molecule has 0 radical (unpaired) electrons. The molecule has 3 nitrogen and oxygen atoms in total. The number of benzene rings is 1. The molecule has 0 aliphatic carbocycles. The van der Waals surface area contributed by atoms with Crippen LogP contribution in [0.4, 0.5) is 8.78 Å². The van der Waals surface area contributed by atoms with Crippen LogP contribution in [0.1, 0.15) is 17.3 Å². The summed E-state index contributed by atoms with van der Waals surface area (Å²) in [4.78, 5) is 13.7. The van der Waals surface area contributed by atoms with Crippen LogP contribution >= 0.6 is 15.9 Å². The Morgan fingerprint density at radius 3 is 2.39 bits per heavy atom. The lowest BCUT2D eigenvalue weighted by molar-refractivity contribution is -0.0498. The van der Waals surface area contributed by atoms with E-state index in [9.17, 15) is 13.6 Å². The van der Waals surface area contributed by atoms with Crippen molar-refractivity contribution in [2.75, 3.05) is 13.6 Å². The minimum absolute atomic E-state index is 0.0399. The van der Waals surface area contributed by atoms with Crippen molar-refractivity contribution in [2.24, 2.45) is 0 Å². The molecule has 0 aliphatic rings. The minimum Gasteiger partial charge on any atom is -0.435 e. The Morgan fingerprint density at radius 2 is 1.94 bits per heavy atom. The number of nitrogens with zero attached hydrogens (tertiary/aromatic N) is 1. The average molecular weight is 322 g/mol. The first kappa shape index (κ1) is 14.9. The number of carbonyl (C=O) groups excluding carboxylic acids is 1. The Morgan fingerprint density at radius 1 is 1.39 bits per heavy atom. The van der Waals surface area contributed by atoms with Gasteiger partial charge in [-0.15, -0.1) is 0 Å². The van der Waals surface area contributed by atoms with Gasteiger partial charge in [-0.05, 0) is 24.3 Å². The lowest BCUT2D eigenvalue weighted by Crippen LogP contribution is -2.31. The maximum atomic E-state index is 11.9. The molecule has 0 saturated carbocycles. The Hall–Kier alpha value is -1.17. The van der Waals surface area contributed by atoms with Gasteiger partial charge in [-0.1, -0.05) is 22.9 Å². The van der Waals surface area contributed by atoms with E-state index in [0.717, 1.165) is 0 Å². The summed E-state index contributed by atoms with van der Waals surface area (Å²) in [6, 6.07) is 5.64. The summed E-state index contributed by atoms with van der Waals surface area (Å²) in [7, 11) is 1.68. The van der Waals surface area contributed by atoms with Gasteiger partial charge in [0.05, 0.1) is 0 Å². The van der Waals surface area contributed by atoms with Gasteiger partial charge in [0.25, 0.3) is 5.91 Å². The summed E-state index contributed by atoms with van der Waals surface area (Å²) in [5.74, 6) is -0.122. The predicted octanol–water partition coefficient (Wildman–Crippen LogP) is 3.14. The SMILES string of the molecule is CC(Br)CN(C)C(=O)c1ccc(OC(F)F)cc1. The van der Waals surface area contributed by atoms with E-state index in [1.54, 1.807) is 11.9 Å². The van der Waals surface area contributed by atoms with Crippen LogP contribution < -0.4 is 4.74 Å². The molecule has 1 rings (SSSR count). The van der Waals surface area contributed by atoms with Gasteiger partial charge in [0, 0.05) is 24.0 Å². The zero-order valence-electron chi connectivity index (χ0n) is 10.1. The first-order valence-corrected chi connectivity index (χ1v) is 6.26. The topological polar surface area (TPSA) is 29.5 Å². The van der Waals surface area contributed by atoms with Crippen molar-refractivity contribution < 1.29 is 18.3 Å². The van der Waals surface area contributed by atoms with Crippen LogP contribution in [-0.4, -0.2) is 35.8 Å². The lowest BCUT2D eigenvalue weighted by Gasteiger charge is -2.18. The number of hydrogen-bond acceptors (Lipinski definition) is 2. The number of ether oxygens (including phenoxy) is 1. The van der Waals surface area contributed by atoms with Gasteiger partial charge < -0.3 is 9.64 Å². The first-order chi connectivity index (χ1) is 8.40. The normalized spacial score (nSPS) is 12.3. The lowest BCUT2D eigenvalue weighted by atomic mass is 10.2. The van der Waals surface area contributed by atoms with Gasteiger partial charge >= 0.3 is 6.61 Å². The van der Waals surface area contributed by atoms with E-state index in [1.165, 1.54) is 24.3 Å². The maximum Gasteiger partial charge on any atom is 0.387 e. The van der Waals surface area contributed by atoms with Crippen LogP contribution in [0.15, 0.2) is 24.3 Å². The molecule has 100 valence electrons. The number of rotatable bonds is 5. The number of alkyl halides is 3. The Kier molecular flexibility index (Phi) is 5.53. The van der Waals surface area contributed by atoms with E-state index in [2.05, 4.69) is 20.7 Å². The fourth-order valence-electron chi connectivity index (χ4n) is 1.46. The predicted molar refractivity (Wildman–Crippen MR) is 68.4 cm³/mol. The average Bonchev–Trinajstić information content (AvgIpc) is 2.27. The molecular formula is C12H14BrF2NO2. The van der Waals surface area contributed by atoms with Crippen molar-refractivity contribution in [1.29, 1.82) is 0 Å². The molecule has 1 aromatic rings. The summed E-state index contributed by atoms with van der Waals surface area (Å²) in [6.45, 7) is -0.360. The summed E-state index contributed by atoms with van der Waals surface area (Å²) in [5.41, 5.74) is 0.437.